The summed E-state index contributed by atoms with van der Waals surface area (Å²) in [6, 6.07) is 6.54. The first-order valence-electron chi connectivity index (χ1n) is 11.5. The number of nitriles is 1. The summed E-state index contributed by atoms with van der Waals surface area (Å²) in [5, 5.41) is 9.98. The smallest absolute Gasteiger partial charge is 0.135 e. The van der Waals surface area contributed by atoms with Gasteiger partial charge in [-0.2, -0.15) is 5.26 Å². The number of fused-ring (bicyclic) bond motifs is 3. The van der Waals surface area contributed by atoms with Crippen molar-refractivity contribution in [1.82, 2.24) is 9.97 Å². The minimum atomic E-state index is -0.0308. The van der Waals surface area contributed by atoms with E-state index in [1.54, 1.807) is 0 Å². The van der Waals surface area contributed by atoms with Crippen LogP contribution in [0.5, 0.6) is 0 Å². The van der Waals surface area contributed by atoms with Gasteiger partial charge in [0.1, 0.15) is 17.7 Å². The molecular formula is C25H31N5. The first kappa shape index (κ1) is 19.4. The second-order valence-corrected chi connectivity index (χ2v) is 9.44. The first-order valence-corrected chi connectivity index (χ1v) is 11.5. The van der Waals surface area contributed by atoms with Crippen molar-refractivity contribution in [2.75, 3.05) is 23.7 Å². The normalized spacial score (nSPS) is 25.1. The van der Waals surface area contributed by atoms with Gasteiger partial charge in [0.15, 0.2) is 0 Å². The van der Waals surface area contributed by atoms with Crippen molar-refractivity contribution < 1.29 is 0 Å². The highest BCUT2D eigenvalue weighted by atomic mass is 15.2. The van der Waals surface area contributed by atoms with E-state index in [1.807, 2.05) is 6.07 Å². The Kier molecular flexibility index (Phi) is 4.69. The van der Waals surface area contributed by atoms with Crippen LogP contribution in [0.3, 0.4) is 0 Å². The molecule has 1 aliphatic heterocycles. The van der Waals surface area contributed by atoms with E-state index >= 15 is 0 Å². The average molecular weight is 402 g/mol. The first-order chi connectivity index (χ1) is 14.6. The molecule has 156 valence electrons. The fourth-order valence-electron chi connectivity index (χ4n) is 6.03. The summed E-state index contributed by atoms with van der Waals surface area (Å²) in [5.41, 5.74) is 12.7. The molecule has 30 heavy (non-hydrogen) atoms. The summed E-state index contributed by atoms with van der Waals surface area (Å²) in [7, 11) is 0. The molecule has 5 nitrogen and oxygen atoms in total. The van der Waals surface area contributed by atoms with Gasteiger partial charge in [0.05, 0.1) is 11.3 Å². The van der Waals surface area contributed by atoms with E-state index in [9.17, 15) is 5.26 Å². The van der Waals surface area contributed by atoms with E-state index in [-0.39, 0.29) is 5.41 Å². The maximum atomic E-state index is 9.98. The van der Waals surface area contributed by atoms with Crippen LogP contribution in [0, 0.1) is 11.3 Å². The molecule has 2 aliphatic carbocycles. The van der Waals surface area contributed by atoms with Gasteiger partial charge in [0.2, 0.25) is 0 Å². The maximum absolute atomic E-state index is 9.98. The number of hydrogen-bond donors (Lipinski definition) is 1. The maximum Gasteiger partial charge on any atom is 0.135 e. The van der Waals surface area contributed by atoms with Gasteiger partial charge in [-0.05, 0) is 68.1 Å². The Hall–Kier alpha value is -2.61. The third-order valence-electron chi connectivity index (χ3n) is 7.70. The summed E-state index contributed by atoms with van der Waals surface area (Å²) < 4.78 is 0. The Labute approximate surface area is 179 Å². The quantitative estimate of drug-likeness (QED) is 0.754. The summed E-state index contributed by atoms with van der Waals surface area (Å²) in [5.74, 6) is 2.60. The molecule has 3 aliphatic rings. The topological polar surface area (TPSA) is 78.8 Å². The van der Waals surface area contributed by atoms with E-state index in [0.717, 1.165) is 57.4 Å². The van der Waals surface area contributed by atoms with Gasteiger partial charge in [-0.25, -0.2) is 9.97 Å². The molecule has 1 unspecified atom stereocenters. The van der Waals surface area contributed by atoms with Crippen molar-refractivity contribution in [1.29, 1.82) is 5.26 Å². The van der Waals surface area contributed by atoms with Crippen molar-refractivity contribution in [3.63, 3.8) is 0 Å². The van der Waals surface area contributed by atoms with Crippen LogP contribution in [0.4, 0.5) is 11.5 Å². The number of aromatic nitrogens is 2. The van der Waals surface area contributed by atoms with E-state index in [1.165, 1.54) is 41.0 Å². The van der Waals surface area contributed by atoms with Gasteiger partial charge in [-0.15, -0.1) is 0 Å². The standard InChI is InChI=1S/C25H31N5/c1-3-22-28-21-14-25(11-9-18(21)24(29-22)30-12-4-5-13-30)10-8-16(2)17-6-7-20(27)19(15-26)23(17)25/h6-7,16H,3-5,8-14,27H2,1-2H3/t16?,25-/m0/s1. The molecule has 5 rings (SSSR count). The van der Waals surface area contributed by atoms with Crippen LogP contribution in [0.25, 0.3) is 0 Å². The van der Waals surface area contributed by atoms with E-state index in [2.05, 4.69) is 30.9 Å². The Morgan fingerprint density at radius 1 is 1.23 bits per heavy atom. The predicted octanol–water partition coefficient (Wildman–Crippen LogP) is 4.42. The number of nitrogen functional groups attached to an aromatic ring is 1. The van der Waals surface area contributed by atoms with Crippen molar-refractivity contribution in [3.8, 4) is 6.07 Å². The Morgan fingerprint density at radius 3 is 2.77 bits per heavy atom. The van der Waals surface area contributed by atoms with Crippen LogP contribution in [-0.2, 0) is 24.7 Å². The second kappa shape index (κ2) is 7.27. The van der Waals surface area contributed by atoms with Crippen LogP contribution in [0.15, 0.2) is 12.1 Å². The lowest BCUT2D eigenvalue weighted by molar-refractivity contribution is 0.297. The van der Waals surface area contributed by atoms with Crippen molar-refractivity contribution in [2.24, 2.45) is 0 Å². The lowest BCUT2D eigenvalue weighted by Crippen LogP contribution is -2.40. The van der Waals surface area contributed by atoms with Crippen molar-refractivity contribution >= 4 is 11.5 Å². The molecule has 1 spiro atoms. The molecule has 2 N–H and O–H groups in total. The van der Waals surface area contributed by atoms with E-state index in [4.69, 9.17) is 15.7 Å². The molecule has 2 atom stereocenters. The molecule has 1 fully saturated rings. The van der Waals surface area contributed by atoms with E-state index < -0.39 is 0 Å². The number of benzene rings is 1. The van der Waals surface area contributed by atoms with Crippen LogP contribution >= 0.6 is 0 Å². The molecule has 1 aromatic carbocycles. The van der Waals surface area contributed by atoms with Gasteiger partial charge in [0.25, 0.3) is 0 Å². The number of rotatable bonds is 2. The molecule has 0 bridgehead atoms. The fraction of sp³-hybridized carbons (Fsp3) is 0.560. The molecule has 1 aromatic heterocycles. The fourth-order valence-corrected chi connectivity index (χ4v) is 6.03. The minimum Gasteiger partial charge on any atom is -0.398 e. The van der Waals surface area contributed by atoms with E-state index in [0.29, 0.717) is 17.2 Å². The highest BCUT2D eigenvalue weighted by molar-refractivity contribution is 5.65. The molecule has 5 heteroatoms. The molecule has 2 heterocycles. The number of nitrogens with two attached hydrogens (primary N) is 1. The Balaban J connectivity index is 1.65. The molecule has 0 saturated carbocycles. The lowest BCUT2D eigenvalue weighted by atomic mass is 9.59. The van der Waals surface area contributed by atoms with Crippen LogP contribution < -0.4 is 10.6 Å². The SMILES string of the molecule is CCc1nc2c(c(N3CCCC3)n1)CC[C@@]1(CCC(C)c3ccc(N)c(C#N)c31)C2. The van der Waals surface area contributed by atoms with Gasteiger partial charge in [-0.3, -0.25) is 0 Å². The van der Waals surface area contributed by atoms with Crippen LogP contribution in [0.1, 0.15) is 85.6 Å². The minimum absolute atomic E-state index is 0.0308. The zero-order chi connectivity index (χ0) is 20.9. The molecule has 0 amide bonds. The van der Waals surface area contributed by atoms with Crippen molar-refractivity contribution in [3.05, 3.63) is 45.9 Å². The zero-order valence-corrected chi connectivity index (χ0v) is 18.2. The van der Waals surface area contributed by atoms with Gasteiger partial charge >= 0.3 is 0 Å². The third-order valence-corrected chi connectivity index (χ3v) is 7.70. The average Bonchev–Trinajstić information content (AvgIpc) is 3.30. The van der Waals surface area contributed by atoms with Crippen LogP contribution in [-0.4, -0.2) is 23.1 Å². The summed E-state index contributed by atoms with van der Waals surface area (Å²) in [6.07, 6.45) is 8.54. The number of anilines is 2. The van der Waals surface area contributed by atoms with Gasteiger partial charge in [-0.1, -0.05) is 19.9 Å². The number of nitrogens with zero attached hydrogens (tertiary/aromatic N) is 4. The van der Waals surface area contributed by atoms with Crippen molar-refractivity contribution in [2.45, 2.75) is 76.5 Å². The molecule has 0 radical (unpaired) electrons. The number of aryl methyl sites for hydroxylation is 1. The molecule has 1 saturated heterocycles. The Bertz CT molecular complexity index is 1030. The molecular weight excluding hydrogens is 370 g/mol. The highest BCUT2D eigenvalue weighted by Gasteiger charge is 2.44. The highest BCUT2D eigenvalue weighted by Crippen LogP contribution is 2.52. The van der Waals surface area contributed by atoms with Gasteiger partial charge in [0, 0.05) is 36.2 Å². The Morgan fingerprint density at radius 2 is 2.03 bits per heavy atom. The second-order valence-electron chi connectivity index (χ2n) is 9.44. The largest absolute Gasteiger partial charge is 0.398 e. The summed E-state index contributed by atoms with van der Waals surface area (Å²) in [6.45, 7) is 6.63. The lowest BCUT2D eigenvalue weighted by Gasteiger charge is -2.45. The molecule has 2 aromatic rings. The van der Waals surface area contributed by atoms with Crippen LogP contribution in [0.2, 0.25) is 0 Å². The zero-order valence-electron chi connectivity index (χ0n) is 18.2. The predicted molar refractivity (Wildman–Crippen MR) is 120 cm³/mol. The number of hydrogen-bond acceptors (Lipinski definition) is 5. The summed E-state index contributed by atoms with van der Waals surface area (Å²) in [4.78, 5) is 12.5. The van der Waals surface area contributed by atoms with Gasteiger partial charge < -0.3 is 10.6 Å². The summed E-state index contributed by atoms with van der Waals surface area (Å²) >= 11 is 0. The monoisotopic (exact) mass is 401 g/mol. The third kappa shape index (κ3) is 2.88.